The highest BCUT2D eigenvalue weighted by Gasteiger charge is 2.45. The number of aliphatic hydroxyl groups excluding tert-OH is 4. The van der Waals surface area contributed by atoms with Crippen LogP contribution < -0.4 is 5.63 Å². The summed E-state index contributed by atoms with van der Waals surface area (Å²) in [7, 11) is 0. The molecule has 1 unspecified atom stereocenters. The minimum atomic E-state index is -1.58. The van der Waals surface area contributed by atoms with Gasteiger partial charge in [-0.3, -0.25) is 0 Å². The molecule has 1 aliphatic heterocycles. The summed E-state index contributed by atoms with van der Waals surface area (Å²) in [6, 6.07) is 5.60. The minimum Gasteiger partial charge on any atom is -0.508 e. The number of hydrogen-bond donors (Lipinski definition) is 5. The average Bonchev–Trinajstić information content (AvgIpc) is 2.53. The molecule has 2 heterocycles. The van der Waals surface area contributed by atoms with Crippen molar-refractivity contribution in [2.45, 2.75) is 30.5 Å². The molecule has 0 aliphatic carbocycles. The summed E-state index contributed by atoms with van der Waals surface area (Å²) >= 11 is 0. The lowest BCUT2D eigenvalue weighted by Gasteiger charge is -2.39. The van der Waals surface area contributed by atoms with Crippen LogP contribution in [0.25, 0.3) is 11.0 Å². The Bertz CT molecular complexity index is 768. The zero-order valence-electron chi connectivity index (χ0n) is 11.9. The lowest BCUT2D eigenvalue weighted by atomic mass is 9.91. The molecule has 0 saturated carbocycles. The Morgan fingerprint density at radius 3 is 2.48 bits per heavy atom. The van der Waals surface area contributed by atoms with E-state index in [0.717, 1.165) is 0 Å². The van der Waals surface area contributed by atoms with E-state index in [0.29, 0.717) is 5.39 Å². The molecule has 8 heteroatoms. The highest BCUT2D eigenvalue weighted by atomic mass is 16.5. The third-order valence-corrected chi connectivity index (χ3v) is 3.95. The lowest BCUT2D eigenvalue weighted by Crippen LogP contribution is -2.55. The highest BCUT2D eigenvalue weighted by molar-refractivity contribution is 5.78. The fourth-order valence-corrected chi connectivity index (χ4v) is 2.67. The van der Waals surface area contributed by atoms with Crippen LogP contribution in [0.15, 0.2) is 33.5 Å². The van der Waals surface area contributed by atoms with Crippen LogP contribution in [0.4, 0.5) is 0 Å². The monoisotopic (exact) mass is 324 g/mol. The number of fused-ring (bicyclic) bond motifs is 1. The van der Waals surface area contributed by atoms with E-state index in [-0.39, 0.29) is 16.9 Å². The van der Waals surface area contributed by atoms with Crippen LogP contribution in [0, 0.1) is 0 Å². The summed E-state index contributed by atoms with van der Waals surface area (Å²) in [5.41, 5.74) is -0.712. The van der Waals surface area contributed by atoms with Gasteiger partial charge in [0.05, 0.1) is 12.2 Å². The number of hydrogen-bond acceptors (Lipinski definition) is 8. The molecule has 0 spiro atoms. The predicted octanol–water partition coefficient (Wildman–Crippen LogP) is -0.987. The molecule has 124 valence electrons. The SMILES string of the molecule is O=c1oc2cc(O)ccc2cc1C1O[C@H](CO)[C@@H](O)[C@H](O)[C@H]1O. The second-order valence-corrected chi connectivity index (χ2v) is 5.46. The Morgan fingerprint density at radius 1 is 1.04 bits per heavy atom. The largest absolute Gasteiger partial charge is 0.508 e. The maximum atomic E-state index is 12.1. The molecule has 0 bridgehead atoms. The van der Waals surface area contributed by atoms with Crippen molar-refractivity contribution >= 4 is 11.0 Å². The molecule has 1 fully saturated rings. The number of aromatic hydroxyl groups is 1. The van der Waals surface area contributed by atoms with Crippen LogP contribution >= 0.6 is 0 Å². The molecule has 0 amide bonds. The molecule has 23 heavy (non-hydrogen) atoms. The molecule has 1 aliphatic rings. The number of phenolic OH excluding ortho intramolecular Hbond substituents is 1. The van der Waals surface area contributed by atoms with Gasteiger partial charge in [-0.2, -0.15) is 0 Å². The first-order chi connectivity index (χ1) is 10.9. The van der Waals surface area contributed by atoms with Crippen molar-refractivity contribution in [1.82, 2.24) is 0 Å². The van der Waals surface area contributed by atoms with Gasteiger partial charge in [-0.05, 0) is 18.2 Å². The van der Waals surface area contributed by atoms with Gasteiger partial charge in [0.25, 0.3) is 0 Å². The van der Waals surface area contributed by atoms with Crippen LogP contribution in [-0.2, 0) is 4.74 Å². The topological polar surface area (TPSA) is 141 Å². The third kappa shape index (κ3) is 2.71. The fourth-order valence-electron chi connectivity index (χ4n) is 2.67. The molecule has 1 aromatic carbocycles. The molecule has 8 nitrogen and oxygen atoms in total. The Morgan fingerprint density at radius 2 is 1.78 bits per heavy atom. The zero-order chi connectivity index (χ0) is 16.7. The van der Waals surface area contributed by atoms with Gasteiger partial charge < -0.3 is 34.7 Å². The maximum Gasteiger partial charge on any atom is 0.342 e. The van der Waals surface area contributed by atoms with Gasteiger partial charge >= 0.3 is 5.63 Å². The first-order valence-electron chi connectivity index (χ1n) is 6.99. The maximum absolute atomic E-state index is 12.1. The van der Waals surface area contributed by atoms with Crippen LogP contribution in [0.3, 0.4) is 0 Å². The lowest BCUT2D eigenvalue weighted by molar-refractivity contribution is -0.232. The van der Waals surface area contributed by atoms with Crippen molar-refractivity contribution in [3.8, 4) is 5.75 Å². The van der Waals surface area contributed by atoms with Crippen LogP contribution in [0.1, 0.15) is 11.7 Å². The van der Waals surface area contributed by atoms with E-state index >= 15 is 0 Å². The molecule has 3 rings (SSSR count). The average molecular weight is 324 g/mol. The second-order valence-electron chi connectivity index (χ2n) is 5.46. The number of aliphatic hydroxyl groups is 4. The second kappa shape index (κ2) is 5.91. The van der Waals surface area contributed by atoms with E-state index in [9.17, 15) is 30.3 Å². The number of phenols is 1. The van der Waals surface area contributed by atoms with E-state index in [4.69, 9.17) is 9.15 Å². The zero-order valence-corrected chi connectivity index (χ0v) is 11.9. The number of benzene rings is 1. The molecule has 1 aromatic heterocycles. The third-order valence-electron chi connectivity index (χ3n) is 3.95. The van der Waals surface area contributed by atoms with Crippen molar-refractivity contribution in [2.24, 2.45) is 0 Å². The first kappa shape index (κ1) is 15.9. The highest BCUT2D eigenvalue weighted by Crippen LogP contribution is 2.32. The number of ether oxygens (including phenoxy) is 1. The van der Waals surface area contributed by atoms with Gasteiger partial charge in [-0.15, -0.1) is 0 Å². The molecular weight excluding hydrogens is 308 g/mol. The van der Waals surface area contributed by atoms with Crippen molar-refractivity contribution < 1.29 is 34.7 Å². The van der Waals surface area contributed by atoms with Gasteiger partial charge in [0.2, 0.25) is 0 Å². The van der Waals surface area contributed by atoms with Crippen molar-refractivity contribution in [3.63, 3.8) is 0 Å². The van der Waals surface area contributed by atoms with E-state index in [1.54, 1.807) is 0 Å². The van der Waals surface area contributed by atoms with Gasteiger partial charge in [0.15, 0.2) is 0 Å². The van der Waals surface area contributed by atoms with Crippen molar-refractivity contribution in [1.29, 1.82) is 0 Å². The van der Waals surface area contributed by atoms with E-state index < -0.39 is 42.8 Å². The smallest absolute Gasteiger partial charge is 0.342 e. The predicted molar refractivity (Wildman–Crippen MR) is 76.9 cm³/mol. The Labute approximate surface area is 129 Å². The summed E-state index contributed by atoms with van der Waals surface area (Å²) in [6.45, 7) is -0.589. The standard InChI is InChI=1S/C15H16O8/c16-5-10-11(18)12(19)13(20)14(22-10)8-3-6-1-2-7(17)4-9(6)23-15(8)21/h1-4,10-14,16-20H,5H2/t10-,11-,12+,13-,14?/m1/s1. The summed E-state index contributed by atoms with van der Waals surface area (Å²) in [5, 5.41) is 48.7. The van der Waals surface area contributed by atoms with Crippen LogP contribution in [0.2, 0.25) is 0 Å². The van der Waals surface area contributed by atoms with Gasteiger partial charge in [-0.1, -0.05) is 0 Å². The Kier molecular flexibility index (Phi) is 4.09. The van der Waals surface area contributed by atoms with Crippen LogP contribution in [-0.4, -0.2) is 56.6 Å². The summed E-state index contributed by atoms with van der Waals surface area (Å²) in [4.78, 5) is 12.1. The van der Waals surface area contributed by atoms with Crippen LogP contribution in [0.5, 0.6) is 5.75 Å². The molecule has 1 saturated heterocycles. The fraction of sp³-hybridized carbons (Fsp3) is 0.400. The molecule has 0 radical (unpaired) electrons. The Balaban J connectivity index is 2.06. The normalized spacial score (nSPS) is 31.4. The minimum absolute atomic E-state index is 0.0555. The molecule has 5 N–H and O–H groups in total. The first-order valence-corrected chi connectivity index (χ1v) is 6.99. The quantitative estimate of drug-likeness (QED) is 0.444. The van der Waals surface area contributed by atoms with E-state index in [1.807, 2.05) is 0 Å². The number of rotatable bonds is 2. The summed E-state index contributed by atoms with van der Waals surface area (Å²) < 4.78 is 10.4. The molecule has 5 atom stereocenters. The van der Waals surface area contributed by atoms with E-state index in [1.165, 1.54) is 24.3 Å². The molecular formula is C15H16O8. The van der Waals surface area contributed by atoms with Gasteiger partial charge in [-0.25, -0.2) is 4.79 Å². The van der Waals surface area contributed by atoms with Crippen molar-refractivity contribution in [3.05, 3.63) is 40.2 Å². The molecule has 2 aromatic rings. The van der Waals surface area contributed by atoms with E-state index in [2.05, 4.69) is 0 Å². The summed E-state index contributed by atoms with van der Waals surface area (Å²) in [6.07, 6.45) is -7.03. The van der Waals surface area contributed by atoms with Crippen molar-refractivity contribution in [2.75, 3.05) is 6.61 Å². The van der Waals surface area contributed by atoms with Gasteiger partial charge in [0.1, 0.15) is 41.9 Å². The van der Waals surface area contributed by atoms with Gasteiger partial charge in [0, 0.05) is 11.5 Å². The summed E-state index contributed by atoms with van der Waals surface area (Å²) in [5.74, 6) is -0.0683. The Hall–Kier alpha value is -1.97.